The molecule has 0 aliphatic carbocycles. The number of furan rings is 1. The molecule has 0 unspecified atom stereocenters. The lowest BCUT2D eigenvalue weighted by Crippen LogP contribution is -2.27. The van der Waals surface area contributed by atoms with Crippen LogP contribution in [0.4, 0.5) is 0 Å². The van der Waals surface area contributed by atoms with E-state index in [2.05, 4.69) is 37.1 Å². The highest BCUT2D eigenvalue weighted by atomic mass is 16.3. The standard InChI is InChI=1S/C13H24N2O/c1-5-15(9-11(2)3)10-13-12(8-14-4)6-7-16-13/h6-7,11,14H,5,8-10H2,1-4H3. The van der Waals surface area contributed by atoms with Crippen LogP contribution in [-0.4, -0.2) is 25.0 Å². The Bertz CT molecular complexity index is 294. The lowest BCUT2D eigenvalue weighted by molar-refractivity contribution is 0.228. The van der Waals surface area contributed by atoms with Crippen molar-refractivity contribution in [3.63, 3.8) is 0 Å². The molecular formula is C13H24N2O. The van der Waals surface area contributed by atoms with Gasteiger partial charge >= 0.3 is 0 Å². The number of rotatable bonds is 7. The third-order valence-electron chi connectivity index (χ3n) is 2.64. The number of hydrogen-bond acceptors (Lipinski definition) is 3. The van der Waals surface area contributed by atoms with E-state index in [1.165, 1.54) is 5.56 Å². The molecule has 92 valence electrons. The molecule has 1 heterocycles. The third-order valence-corrected chi connectivity index (χ3v) is 2.64. The van der Waals surface area contributed by atoms with Crippen molar-refractivity contribution in [2.75, 3.05) is 20.1 Å². The van der Waals surface area contributed by atoms with E-state index >= 15 is 0 Å². The Kier molecular flexibility index (Phi) is 5.56. The minimum atomic E-state index is 0.697. The Morgan fingerprint density at radius 2 is 2.19 bits per heavy atom. The normalized spacial score (nSPS) is 11.6. The Balaban J connectivity index is 2.58. The van der Waals surface area contributed by atoms with Gasteiger partial charge in [-0.2, -0.15) is 0 Å². The van der Waals surface area contributed by atoms with Crippen LogP contribution in [-0.2, 0) is 13.1 Å². The lowest BCUT2D eigenvalue weighted by atomic mass is 10.2. The molecule has 16 heavy (non-hydrogen) atoms. The van der Waals surface area contributed by atoms with E-state index in [-0.39, 0.29) is 0 Å². The van der Waals surface area contributed by atoms with Gasteiger partial charge in [-0.15, -0.1) is 0 Å². The number of hydrogen-bond donors (Lipinski definition) is 1. The molecule has 1 N–H and O–H groups in total. The molecule has 0 fully saturated rings. The van der Waals surface area contributed by atoms with E-state index in [9.17, 15) is 0 Å². The Labute approximate surface area is 98.8 Å². The van der Waals surface area contributed by atoms with Gasteiger partial charge in [0.25, 0.3) is 0 Å². The summed E-state index contributed by atoms with van der Waals surface area (Å²) in [4.78, 5) is 2.42. The van der Waals surface area contributed by atoms with Crippen molar-refractivity contribution in [3.8, 4) is 0 Å². The molecule has 3 nitrogen and oxygen atoms in total. The fraction of sp³-hybridized carbons (Fsp3) is 0.692. The van der Waals surface area contributed by atoms with Crippen molar-refractivity contribution in [1.82, 2.24) is 10.2 Å². The van der Waals surface area contributed by atoms with Gasteiger partial charge in [-0.3, -0.25) is 4.90 Å². The van der Waals surface area contributed by atoms with E-state index in [4.69, 9.17) is 4.42 Å². The van der Waals surface area contributed by atoms with Crippen LogP contribution < -0.4 is 5.32 Å². The highest BCUT2D eigenvalue weighted by molar-refractivity contribution is 5.16. The molecular weight excluding hydrogens is 200 g/mol. The zero-order chi connectivity index (χ0) is 12.0. The van der Waals surface area contributed by atoms with Crippen molar-refractivity contribution < 1.29 is 4.42 Å². The minimum Gasteiger partial charge on any atom is -0.468 e. The van der Waals surface area contributed by atoms with Crippen LogP contribution in [0, 0.1) is 5.92 Å². The second-order valence-electron chi connectivity index (χ2n) is 4.62. The first kappa shape index (κ1) is 13.3. The van der Waals surface area contributed by atoms with Gasteiger partial charge in [0.2, 0.25) is 0 Å². The van der Waals surface area contributed by atoms with Gasteiger partial charge in [0.1, 0.15) is 5.76 Å². The smallest absolute Gasteiger partial charge is 0.122 e. The second kappa shape index (κ2) is 6.71. The third kappa shape index (κ3) is 3.99. The Morgan fingerprint density at radius 1 is 1.44 bits per heavy atom. The average Bonchev–Trinajstić information content (AvgIpc) is 2.65. The molecule has 1 rings (SSSR count). The van der Waals surface area contributed by atoms with E-state index in [0.29, 0.717) is 5.92 Å². The maximum Gasteiger partial charge on any atom is 0.122 e. The molecule has 0 amide bonds. The number of nitrogens with zero attached hydrogens (tertiary/aromatic N) is 1. The first-order valence-electron chi connectivity index (χ1n) is 6.09. The number of nitrogens with one attached hydrogen (secondary N) is 1. The highest BCUT2D eigenvalue weighted by Gasteiger charge is 2.11. The van der Waals surface area contributed by atoms with Gasteiger partial charge in [0, 0.05) is 18.7 Å². The summed E-state index contributed by atoms with van der Waals surface area (Å²) >= 11 is 0. The summed E-state index contributed by atoms with van der Waals surface area (Å²) in [5, 5.41) is 3.16. The average molecular weight is 224 g/mol. The van der Waals surface area contributed by atoms with Crippen LogP contribution in [0.1, 0.15) is 32.1 Å². The predicted octanol–water partition coefficient (Wildman–Crippen LogP) is 2.48. The van der Waals surface area contributed by atoms with Gasteiger partial charge in [0.05, 0.1) is 12.8 Å². The van der Waals surface area contributed by atoms with E-state index in [1.807, 2.05) is 7.05 Å². The Hall–Kier alpha value is -0.800. The SMILES string of the molecule is CCN(Cc1occc1CNC)CC(C)C. The fourth-order valence-electron chi connectivity index (χ4n) is 1.88. The first-order chi connectivity index (χ1) is 7.67. The summed E-state index contributed by atoms with van der Waals surface area (Å²) in [6.07, 6.45) is 1.78. The largest absolute Gasteiger partial charge is 0.468 e. The van der Waals surface area contributed by atoms with Crippen LogP contribution in [0.25, 0.3) is 0 Å². The zero-order valence-electron chi connectivity index (χ0n) is 10.9. The van der Waals surface area contributed by atoms with Crippen molar-refractivity contribution in [2.24, 2.45) is 5.92 Å². The van der Waals surface area contributed by atoms with E-state index in [0.717, 1.165) is 31.9 Å². The Morgan fingerprint density at radius 3 is 2.75 bits per heavy atom. The van der Waals surface area contributed by atoms with Gasteiger partial charge in [-0.1, -0.05) is 20.8 Å². The molecule has 1 aromatic rings. The van der Waals surface area contributed by atoms with Crippen LogP contribution in [0.2, 0.25) is 0 Å². The van der Waals surface area contributed by atoms with Gasteiger partial charge < -0.3 is 9.73 Å². The van der Waals surface area contributed by atoms with Crippen molar-refractivity contribution in [2.45, 2.75) is 33.9 Å². The van der Waals surface area contributed by atoms with E-state index < -0.39 is 0 Å². The van der Waals surface area contributed by atoms with Crippen molar-refractivity contribution >= 4 is 0 Å². The van der Waals surface area contributed by atoms with Crippen LogP contribution in [0.15, 0.2) is 16.7 Å². The molecule has 1 aromatic heterocycles. The highest BCUT2D eigenvalue weighted by Crippen LogP contribution is 2.14. The molecule has 0 saturated carbocycles. The van der Waals surface area contributed by atoms with E-state index in [1.54, 1.807) is 6.26 Å². The molecule has 0 aliphatic heterocycles. The van der Waals surface area contributed by atoms with Crippen molar-refractivity contribution in [3.05, 3.63) is 23.7 Å². The summed E-state index contributed by atoms with van der Waals surface area (Å²) in [5.74, 6) is 1.79. The van der Waals surface area contributed by atoms with Crippen molar-refractivity contribution in [1.29, 1.82) is 0 Å². The van der Waals surface area contributed by atoms with Gasteiger partial charge in [0.15, 0.2) is 0 Å². The van der Waals surface area contributed by atoms with Gasteiger partial charge in [-0.25, -0.2) is 0 Å². The molecule has 0 radical (unpaired) electrons. The summed E-state index contributed by atoms with van der Waals surface area (Å²) in [5.41, 5.74) is 1.27. The van der Waals surface area contributed by atoms with Crippen LogP contribution in [0.3, 0.4) is 0 Å². The molecule has 0 aromatic carbocycles. The van der Waals surface area contributed by atoms with Crippen LogP contribution >= 0.6 is 0 Å². The summed E-state index contributed by atoms with van der Waals surface area (Å²) in [6, 6.07) is 2.05. The fourth-order valence-corrected chi connectivity index (χ4v) is 1.88. The zero-order valence-corrected chi connectivity index (χ0v) is 10.9. The van der Waals surface area contributed by atoms with Gasteiger partial charge in [-0.05, 0) is 25.6 Å². The maximum atomic E-state index is 5.55. The predicted molar refractivity (Wildman–Crippen MR) is 67.3 cm³/mol. The summed E-state index contributed by atoms with van der Waals surface area (Å²) in [7, 11) is 1.96. The molecule has 0 aliphatic rings. The topological polar surface area (TPSA) is 28.4 Å². The minimum absolute atomic E-state index is 0.697. The molecule has 0 saturated heterocycles. The molecule has 3 heteroatoms. The van der Waals surface area contributed by atoms with Crippen LogP contribution in [0.5, 0.6) is 0 Å². The lowest BCUT2D eigenvalue weighted by Gasteiger charge is -2.21. The quantitative estimate of drug-likeness (QED) is 0.771. The molecule has 0 atom stereocenters. The molecule has 0 spiro atoms. The molecule has 0 bridgehead atoms. The monoisotopic (exact) mass is 224 g/mol. The second-order valence-corrected chi connectivity index (χ2v) is 4.62. The summed E-state index contributed by atoms with van der Waals surface area (Å²) < 4.78 is 5.55. The maximum absolute atomic E-state index is 5.55. The summed E-state index contributed by atoms with van der Waals surface area (Å²) in [6.45, 7) is 10.7. The first-order valence-corrected chi connectivity index (χ1v) is 6.09.